The topological polar surface area (TPSA) is 49.4 Å². The second-order valence-corrected chi connectivity index (χ2v) is 8.37. The van der Waals surface area contributed by atoms with Crippen LogP contribution in [0.1, 0.15) is 39.0 Å². The average molecular weight is 288 g/mol. The molecule has 0 aromatic heterocycles. The quantitative estimate of drug-likeness (QED) is 0.828. The minimum Gasteiger partial charge on any atom is -0.317 e. The van der Waals surface area contributed by atoms with Crippen LogP contribution in [0.4, 0.5) is 0 Å². The molecule has 112 valence electrons. The lowest BCUT2D eigenvalue weighted by Crippen LogP contribution is -2.45. The lowest BCUT2D eigenvalue weighted by molar-refractivity contribution is 0.142. The van der Waals surface area contributed by atoms with E-state index in [1.165, 1.54) is 19.4 Å². The van der Waals surface area contributed by atoms with Crippen molar-refractivity contribution in [1.82, 2.24) is 10.2 Å². The summed E-state index contributed by atoms with van der Waals surface area (Å²) in [6.45, 7) is 6.79. The van der Waals surface area contributed by atoms with Gasteiger partial charge in [-0.2, -0.15) is 0 Å². The molecule has 0 aromatic carbocycles. The average Bonchev–Trinajstić information content (AvgIpc) is 2.39. The molecule has 0 radical (unpaired) electrons. The molecule has 2 aliphatic rings. The normalized spacial score (nSPS) is 25.8. The fraction of sp³-hybridized carbons (Fsp3) is 1.00. The molecule has 1 N–H and O–H groups in total. The van der Waals surface area contributed by atoms with E-state index < -0.39 is 9.84 Å². The van der Waals surface area contributed by atoms with Crippen LogP contribution in [-0.2, 0) is 9.84 Å². The highest BCUT2D eigenvalue weighted by Gasteiger charge is 2.29. The van der Waals surface area contributed by atoms with E-state index in [0.29, 0.717) is 17.5 Å². The van der Waals surface area contributed by atoms with Crippen molar-refractivity contribution in [1.29, 1.82) is 0 Å². The minimum absolute atomic E-state index is 0.393. The highest BCUT2D eigenvalue weighted by molar-refractivity contribution is 7.91. The van der Waals surface area contributed by atoms with E-state index >= 15 is 0 Å². The second-order valence-electron chi connectivity index (χ2n) is 6.07. The van der Waals surface area contributed by atoms with Crippen LogP contribution in [-0.4, -0.2) is 57.0 Å². The summed E-state index contributed by atoms with van der Waals surface area (Å²) in [6, 6.07) is 0.498. The van der Waals surface area contributed by atoms with Gasteiger partial charge in [0.2, 0.25) is 0 Å². The van der Waals surface area contributed by atoms with E-state index in [-0.39, 0.29) is 0 Å². The summed E-state index contributed by atoms with van der Waals surface area (Å²) in [7, 11) is -2.73. The smallest absolute Gasteiger partial charge is 0.150 e. The summed E-state index contributed by atoms with van der Waals surface area (Å²) in [4.78, 5) is 2.57. The van der Waals surface area contributed by atoms with Crippen molar-refractivity contribution in [3.05, 3.63) is 0 Å². The first-order valence-corrected chi connectivity index (χ1v) is 9.58. The predicted octanol–water partition coefficient (Wildman–Crippen LogP) is 1.28. The van der Waals surface area contributed by atoms with Crippen LogP contribution in [0.3, 0.4) is 0 Å². The fourth-order valence-electron chi connectivity index (χ4n) is 3.35. The zero-order valence-electron chi connectivity index (χ0n) is 12.1. The van der Waals surface area contributed by atoms with Crippen molar-refractivity contribution in [2.75, 3.05) is 37.7 Å². The highest BCUT2D eigenvalue weighted by Crippen LogP contribution is 2.22. The van der Waals surface area contributed by atoms with Crippen molar-refractivity contribution < 1.29 is 8.42 Å². The Bertz CT molecular complexity index is 350. The van der Waals surface area contributed by atoms with Gasteiger partial charge in [-0.3, -0.25) is 0 Å². The summed E-state index contributed by atoms with van der Waals surface area (Å²) in [5, 5.41) is 3.41. The molecule has 2 saturated heterocycles. The Labute approximate surface area is 117 Å². The predicted molar refractivity (Wildman–Crippen MR) is 79.1 cm³/mol. The number of rotatable bonds is 5. The standard InChI is InChI=1S/C14H28N2O2S/c1-2-9-16(12-13-3-7-15-8-4-13)14-5-10-19(17,18)11-6-14/h13-15H,2-12H2,1H3. The Hall–Kier alpha value is -0.130. The van der Waals surface area contributed by atoms with Gasteiger partial charge in [0.1, 0.15) is 9.84 Å². The molecule has 2 fully saturated rings. The van der Waals surface area contributed by atoms with Gasteiger partial charge >= 0.3 is 0 Å². The third-order valence-electron chi connectivity index (χ3n) is 4.50. The molecule has 0 unspecified atom stereocenters. The molecule has 0 spiro atoms. The summed E-state index contributed by atoms with van der Waals surface area (Å²) >= 11 is 0. The maximum Gasteiger partial charge on any atom is 0.150 e. The zero-order valence-corrected chi connectivity index (χ0v) is 12.9. The lowest BCUT2D eigenvalue weighted by atomic mass is 9.96. The van der Waals surface area contributed by atoms with Crippen molar-refractivity contribution in [2.45, 2.75) is 45.1 Å². The maximum absolute atomic E-state index is 11.5. The third-order valence-corrected chi connectivity index (χ3v) is 6.22. The van der Waals surface area contributed by atoms with Gasteiger partial charge in [-0.05, 0) is 57.7 Å². The summed E-state index contributed by atoms with van der Waals surface area (Å²) in [6.07, 6.45) is 5.38. The maximum atomic E-state index is 11.5. The number of nitrogens with zero attached hydrogens (tertiary/aromatic N) is 1. The minimum atomic E-state index is -2.73. The summed E-state index contributed by atoms with van der Waals surface area (Å²) < 4.78 is 23.1. The molecule has 2 heterocycles. The largest absolute Gasteiger partial charge is 0.317 e. The van der Waals surface area contributed by atoms with Crippen LogP contribution < -0.4 is 5.32 Å². The van der Waals surface area contributed by atoms with E-state index in [0.717, 1.165) is 44.8 Å². The van der Waals surface area contributed by atoms with E-state index in [9.17, 15) is 8.42 Å². The molecule has 0 bridgehead atoms. The number of sulfone groups is 1. The molecule has 0 amide bonds. The first-order valence-electron chi connectivity index (χ1n) is 7.76. The van der Waals surface area contributed by atoms with Crippen LogP contribution >= 0.6 is 0 Å². The Kier molecular flexibility index (Phi) is 5.66. The molecule has 0 aromatic rings. The molecule has 4 nitrogen and oxygen atoms in total. The van der Waals surface area contributed by atoms with Crippen molar-refractivity contribution in [3.8, 4) is 0 Å². The number of hydrogen-bond acceptors (Lipinski definition) is 4. The van der Waals surface area contributed by atoms with E-state index in [1.54, 1.807) is 0 Å². The van der Waals surface area contributed by atoms with Gasteiger partial charge in [-0.15, -0.1) is 0 Å². The Morgan fingerprint density at radius 3 is 2.32 bits per heavy atom. The Balaban J connectivity index is 1.88. The first-order chi connectivity index (χ1) is 9.11. The van der Waals surface area contributed by atoms with Crippen LogP contribution in [0.15, 0.2) is 0 Å². The van der Waals surface area contributed by atoms with Gasteiger partial charge in [0.25, 0.3) is 0 Å². The summed E-state index contributed by atoms with van der Waals surface area (Å²) in [5.74, 6) is 1.58. The van der Waals surface area contributed by atoms with Gasteiger partial charge in [0.15, 0.2) is 0 Å². The van der Waals surface area contributed by atoms with E-state index in [4.69, 9.17) is 0 Å². The molecule has 2 aliphatic heterocycles. The number of nitrogens with one attached hydrogen (secondary N) is 1. The van der Waals surface area contributed by atoms with Gasteiger partial charge in [-0.1, -0.05) is 6.92 Å². The molecule has 19 heavy (non-hydrogen) atoms. The molecule has 2 rings (SSSR count). The SMILES string of the molecule is CCCN(CC1CCNCC1)C1CCS(=O)(=O)CC1. The number of piperidine rings is 1. The molecule has 0 aliphatic carbocycles. The van der Waals surface area contributed by atoms with Crippen LogP contribution in [0.2, 0.25) is 0 Å². The second kappa shape index (κ2) is 7.04. The Morgan fingerprint density at radius 1 is 1.11 bits per heavy atom. The van der Waals surface area contributed by atoms with Crippen LogP contribution in [0.5, 0.6) is 0 Å². The van der Waals surface area contributed by atoms with Crippen LogP contribution in [0.25, 0.3) is 0 Å². The van der Waals surface area contributed by atoms with Crippen molar-refractivity contribution in [2.24, 2.45) is 5.92 Å². The van der Waals surface area contributed by atoms with Gasteiger partial charge in [0, 0.05) is 12.6 Å². The number of hydrogen-bond donors (Lipinski definition) is 1. The fourth-order valence-corrected chi connectivity index (χ4v) is 4.82. The molecular formula is C14H28N2O2S. The van der Waals surface area contributed by atoms with Gasteiger partial charge < -0.3 is 10.2 Å². The van der Waals surface area contributed by atoms with Gasteiger partial charge in [0.05, 0.1) is 11.5 Å². The zero-order chi connectivity index (χ0) is 13.7. The highest BCUT2D eigenvalue weighted by atomic mass is 32.2. The van der Waals surface area contributed by atoms with Crippen molar-refractivity contribution in [3.63, 3.8) is 0 Å². The van der Waals surface area contributed by atoms with E-state index in [2.05, 4.69) is 17.1 Å². The molecule has 0 saturated carbocycles. The summed E-state index contributed by atoms with van der Waals surface area (Å²) in [5.41, 5.74) is 0. The molecular weight excluding hydrogens is 260 g/mol. The third kappa shape index (κ3) is 4.72. The molecule has 5 heteroatoms. The Morgan fingerprint density at radius 2 is 1.74 bits per heavy atom. The first kappa shape index (κ1) is 15.3. The van der Waals surface area contributed by atoms with E-state index in [1.807, 2.05) is 0 Å². The van der Waals surface area contributed by atoms with Crippen molar-refractivity contribution >= 4 is 9.84 Å². The monoisotopic (exact) mass is 288 g/mol. The van der Waals surface area contributed by atoms with Crippen LogP contribution in [0, 0.1) is 5.92 Å². The van der Waals surface area contributed by atoms with Gasteiger partial charge in [-0.25, -0.2) is 8.42 Å². The molecule has 0 atom stereocenters. The lowest BCUT2D eigenvalue weighted by Gasteiger charge is -2.37.